The number of carbonyl (C=O) groups excluding carboxylic acids is 1. The van der Waals surface area contributed by atoms with E-state index in [1.165, 1.54) is 11.8 Å². The molecule has 4 rings (SSSR count). The molecule has 32 heavy (non-hydrogen) atoms. The second kappa shape index (κ2) is 9.00. The molecule has 2 aromatic carbocycles. The second-order valence-electron chi connectivity index (χ2n) is 7.93. The van der Waals surface area contributed by atoms with Crippen molar-refractivity contribution in [2.24, 2.45) is 0 Å². The summed E-state index contributed by atoms with van der Waals surface area (Å²) in [7, 11) is 0. The number of hydrogen-bond donors (Lipinski definition) is 1. The number of aromatic nitrogens is 4. The highest BCUT2D eigenvalue weighted by Gasteiger charge is 2.17. The van der Waals surface area contributed by atoms with Gasteiger partial charge in [-0.1, -0.05) is 36.0 Å². The summed E-state index contributed by atoms with van der Waals surface area (Å²) in [6, 6.07) is 15.1. The molecule has 0 spiro atoms. The summed E-state index contributed by atoms with van der Waals surface area (Å²) in [5.41, 5.74) is 3.24. The highest BCUT2D eigenvalue weighted by atomic mass is 32.2. The van der Waals surface area contributed by atoms with Gasteiger partial charge in [0.05, 0.1) is 28.5 Å². The molecule has 0 saturated heterocycles. The first kappa shape index (κ1) is 21.8. The topological polar surface area (TPSA) is 81.8 Å². The molecule has 4 aromatic rings. The van der Waals surface area contributed by atoms with Crippen LogP contribution in [0.5, 0.6) is 0 Å². The lowest BCUT2D eigenvalue weighted by Crippen LogP contribution is -2.24. The Morgan fingerprint density at radius 3 is 2.69 bits per heavy atom. The van der Waals surface area contributed by atoms with E-state index in [4.69, 9.17) is 4.98 Å². The van der Waals surface area contributed by atoms with Crippen LogP contribution in [0.25, 0.3) is 16.6 Å². The van der Waals surface area contributed by atoms with Crippen LogP contribution in [0.1, 0.15) is 31.0 Å². The van der Waals surface area contributed by atoms with Crippen LogP contribution in [0.2, 0.25) is 0 Å². The number of para-hydroxylation sites is 1. The maximum atomic E-state index is 13.4. The van der Waals surface area contributed by atoms with Crippen LogP contribution in [-0.4, -0.2) is 31.0 Å². The predicted octanol–water partition coefficient (Wildman–Crippen LogP) is 4.51. The van der Waals surface area contributed by atoms with E-state index in [-0.39, 0.29) is 23.3 Å². The zero-order valence-electron chi connectivity index (χ0n) is 18.5. The maximum absolute atomic E-state index is 13.4. The molecular formula is C24H25N5O2S. The first-order chi connectivity index (χ1) is 15.3. The van der Waals surface area contributed by atoms with E-state index in [0.29, 0.717) is 21.9 Å². The number of thioether (sulfide) groups is 1. The van der Waals surface area contributed by atoms with Gasteiger partial charge in [-0.05, 0) is 57.0 Å². The van der Waals surface area contributed by atoms with E-state index < -0.39 is 0 Å². The van der Waals surface area contributed by atoms with E-state index in [0.717, 1.165) is 16.8 Å². The lowest BCUT2D eigenvalue weighted by atomic mass is 10.1. The molecule has 164 valence electrons. The zero-order chi connectivity index (χ0) is 22.8. The highest BCUT2D eigenvalue weighted by molar-refractivity contribution is 7.99. The first-order valence-electron chi connectivity index (χ1n) is 10.4. The second-order valence-corrected chi connectivity index (χ2v) is 8.88. The lowest BCUT2D eigenvalue weighted by Gasteiger charge is -2.16. The molecule has 0 aliphatic carbocycles. The molecule has 2 heterocycles. The van der Waals surface area contributed by atoms with Gasteiger partial charge in [-0.3, -0.25) is 14.2 Å². The van der Waals surface area contributed by atoms with Crippen LogP contribution < -0.4 is 10.9 Å². The Balaban J connectivity index is 1.70. The van der Waals surface area contributed by atoms with Crippen molar-refractivity contribution >= 4 is 34.4 Å². The van der Waals surface area contributed by atoms with Crippen molar-refractivity contribution in [3.05, 3.63) is 76.2 Å². The number of hydrogen-bond acceptors (Lipinski definition) is 5. The number of nitrogens with one attached hydrogen (secondary N) is 1. The monoisotopic (exact) mass is 447 g/mol. The molecule has 0 saturated carbocycles. The molecule has 2 aromatic heterocycles. The van der Waals surface area contributed by atoms with Crippen molar-refractivity contribution in [2.45, 2.75) is 38.9 Å². The van der Waals surface area contributed by atoms with Gasteiger partial charge in [0.15, 0.2) is 5.16 Å². The summed E-state index contributed by atoms with van der Waals surface area (Å²) in [4.78, 5) is 30.8. The lowest BCUT2D eigenvalue weighted by molar-refractivity contribution is -0.113. The Kier molecular flexibility index (Phi) is 6.14. The van der Waals surface area contributed by atoms with Gasteiger partial charge >= 0.3 is 0 Å². The maximum Gasteiger partial charge on any atom is 0.266 e. The average Bonchev–Trinajstić information content (AvgIpc) is 3.23. The largest absolute Gasteiger partial charge is 0.310 e. The van der Waals surface area contributed by atoms with Gasteiger partial charge < -0.3 is 5.32 Å². The van der Waals surface area contributed by atoms with Crippen LogP contribution in [0, 0.1) is 13.8 Å². The van der Waals surface area contributed by atoms with Crippen molar-refractivity contribution in [2.75, 3.05) is 11.1 Å². The van der Waals surface area contributed by atoms with Crippen molar-refractivity contribution < 1.29 is 4.79 Å². The molecule has 1 N–H and O–H groups in total. The molecule has 0 bridgehead atoms. The Morgan fingerprint density at radius 1 is 1.12 bits per heavy atom. The number of benzene rings is 2. The Hall–Kier alpha value is -3.39. The van der Waals surface area contributed by atoms with Gasteiger partial charge in [-0.15, -0.1) is 0 Å². The third-order valence-electron chi connectivity index (χ3n) is 5.11. The minimum atomic E-state index is -0.188. The number of amides is 1. The van der Waals surface area contributed by atoms with Crippen LogP contribution in [-0.2, 0) is 4.79 Å². The smallest absolute Gasteiger partial charge is 0.266 e. The van der Waals surface area contributed by atoms with Gasteiger partial charge in [0.1, 0.15) is 5.82 Å². The van der Waals surface area contributed by atoms with E-state index >= 15 is 0 Å². The summed E-state index contributed by atoms with van der Waals surface area (Å²) < 4.78 is 3.36. The molecular weight excluding hydrogens is 422 g/mol. The molecule has 1 amide bonds. The van der Waals surface area contributed by atoms with Crippen molar-refractivity contribution in [3.8, 4) is 5.69 Å². The third-order valence-corrected chi connectivity index (χ3v) is 6.05. The van der Waals surface area contributed by atoms with Gasteiger partial charge in [0, 0.05) is 12.1 Å². The average molecular weight is 448 g/mol. The summed E-state index contributed by atoms with van der Waals surface area (Å²) in [6.07, 6.45) is 1.66. The van der Waals surface area contributed by atoms with Crippen LogP contribution in [0.3, 0.4) is 0 Å². The SMILES string of the molecule is Cc1ccc(C)c(-n2c(SCC(=O)Nc3ccnn3C(C)C)nc3ccccc3c2=O)c1. The van der Waals surface area contributed by atoms with Gasteiger partial charge in [-0.2, -0.15) is 5.10 Å². The standard InChI is InChI=1S/C24H25N5O2S/c1-15(2)29-21(11-12-25-29)27-22(30)14-32-24-26-19-8-6-5-7-18(19)23(31)28(24)20-13-16(3)9-10-17(20)4/h5-13,15H,14H2,1-4H3,(H,27,30). The summed E-state index contributed by atoms with van der Waals surface area (Å²) >= 11 is 1.24. The Morgan fingerprint density at radius 2 is 1.91 bits per heavy atom. The fourth-order valence-electron chi connectivity index (χ4n) is 3.52. The predicted molar refractivity (Wildman–Crippen MR) is 129 cm³/mol. The molecule has 8 heteroatoms. The fourth-order valence-corrected chi connectivity index (χ4v) is 4.32. The molecule has 0 unspecified atom stereocenters. The first-order valence-corrected chi connectivity index (χ1v) is 11.4. The Bertz CT molecular complexity index is 1360. The van der Waals surface area contributed by atoms with Crippen molar-refractivity contribution in [1.82, 2.24) is 19.3 Å². The van der Waals surface area contributed by atoms with Gasteiger partial charge in [0.2, 0.25) is 5.91 Å². The number of aryl methyl sites for hydroxylation is 2. The third kappa shape index (κ3) is 4.31. The number of rotatable bonds is 6. The fraction of sp³-hybridized carbons (Fsp3) is 0.250. The highest BCUT2D eigenvalue weighted by Crippen LogP contribution is 2.24. The van der Waals surface area contributed by atoms with Crippen LogP contribution in [0.15, 0.2) is 64.7 Å². The summed E-state index contributed by atoms with van der Waals surface area (Å²) in [6.45, 7) is 7.95. The minimum Gasteiger partial charge on any atom is -0.310 e. The molecule has 0 aliphatic rings. The van der Waals surface area contributed by atoms with Gasteiger partial charge in [0.25, 0.3) is 5.56 Å². The number of carbonyl (C=O) groups is 1. The van der Waals surface area contributed by atoms with Crippen LogP contribution >= 0.6 is 11.8 Å². The zero-order valence-corrected chi connectivity index (χ0v) is 19.3. The number of anilines is 1. The molecule has 0 fully saturated rings. The summed E-state index contributed by atoms with van der Waals surface area (Å²) in [5, 5.41) is 8.17. The molecule has 0 aliphatic heterocycles. The van der Waals surface area contributed by atoms with Crippen molar-refractivity contribution in [1.29, 1.82) is 0 Å². The van der Waals surface area contributed by atoms with E-state index in [1.807, 2.05) is 64.1 Å². The quantitative estimate of drug-likeness (QED) is 0.347. The minimum absolute atomic E-state index is 0.110. The number of nitrogens with zero attached hydrogens (tertiary/aromatic N) is 4. The normalized spacial score (nSPS) is 11.3. The van der Waals surface area contributed by atoms with E-state index in [2.05, 4.69) is 10.4 Å². The summed E-state index contributed by atoms with van der Waals surface area (Å²) in [5.74, 6) is 0.565. The molecule has 0 radical (unpaired) electrons. The van der Waals surface area contributed by atoms with E-state index in [9.17, 15) is 9.59 Å². The molecule has 0 atom stereocenters. The molecule has 7 nitrogen and oxygen atoms in total. The van der Waals surface area contributed by atoms with Crippen LogP contribution in [0.4, 0.5) is 5.82 Å². The van der Waals surface area contributed by atoms with Gasteiger partial charge in [-0.25, -0.2) is 9.67 Å². The Labute approximate surface area is 190 Å². The number of fused-ring (bicyclic) bond motifs is 1. The van der Waals surface area contributed by atoms with E-state index in [1.54, 1.807) is 27.6 Å². The van der Waals surface area contributed by atoms with Crippen molar-refractivity contribution in [3.63, 3.8) is 0 Å².